The summed E-state index contributed by atoms with van der Waals surface area (Å²) in [7, 11) is -4.89. The maximum atomic E-state index is 14.6. The van der Waals surface area contributed by atoms with Crippen LogP contribution in [0.15, 0.2) is 41.3 Å². The van der Waals surface area contributed by atoms with E-state index in [1.807, 2.05) is 24.3 Å². The molecule has 2 heterocycles. The maximum Gasteiger partial charge on any atom is 0.304 e. The Morgan fingerprint density at radius 1 is 1.39 bits per heavy atom. The molecule has 0 spiro atoms. The zero-order chi connectivity index (χ0) is 24.4. The normalized spacial score (nSPS) is 18.1. The summed E-state index contributed by atoms with van der Waals surface area (Å²) in [6, 6.07) is 9.41. The number of carbonyl (C=O) groups is 1. The smallest absolute Gasteiger partial charge is 0.304 e. The van der Waals surface area contributed by atoms with E-state index in [9.17, 15) is 22.7 Å². The topological polar surface area (TPSA) is 89.3 Å². The average molecular weight is 462 g/mol. The molecule has 160 valence electrons. The number of nitrogens with zero attached hydrogens (tertiary/aromatic N) is 2. The highest BCUT2D eigenvalue weighted by Crippen LogP contribution is 2.44. The molecule has 5 rings (SSSR count). The molecule has 0 fully saturated rings. The Labute approximate surface area is 186 Å². The number of sulfone groups is 1. The molecule has 0 bridgehead atoms. The lowest BCUT2D eigenvalue weighted by molar-refractivity contribution is -0.137. The van der Waals surface area contributed by atoms with E-state index in [1.165, 1.54) is 17.4 Å². The predicted octanol–water partition coefficient (Wildman–Crippen LogP) is 4.35. The largest absolute Gasteiger partial charge is 0.481 e. The van der Waals surface area contributed by atoms with Crippen molar-refractivity contribution < 1.29 is 26.8 Å². The summed E-state index contributed by atoms with van der Waals surface area (Å²) in [5.41, 5.74) is 2.10. The first-order chi connectivity index (χ1) is 16.0. The third-order valence-electron chi connectivity index (χ3n) is 5.71. The van der Waals surface area contributed by atoms with Crippen molar-refractivity contribution in [2.45, 2.75) is 36.6 Å². The molecule has 0 aliphatic heterocycles. The number of thiazole rings is 1. The van der Waals surface area contributed by atoms with E-state index < -0.39 is 38.6 Å². The van der Waals surface area contributed by atoms with Crippen molar-refractivity contribution in [3.05, 3.63) is 58.5 Å². The fourth-order valence-corrected chi connectivity index (χ4v) is 6.29. The van der Waals surface area contributed by atoms with Gasteiger partial charge in [-0.3, -0.25) is 4.79 Å². The molecular weight excluding hydrogens is 439 g/mol. The lowest BCUT2D eigenvalue weighted by Gasteiger charge is -2.15. The van der Waals surface area contributed by atoms with E-state index >= 15 is 0 Å². The zero-order valence-corrected chi connectivity index (χ0v) is 17.8. The van der Waals surface area contributed by atoms with Gasteiger partial charge in [0.25, 0.3) is 0 Å². The number of hydrogen-bond acceptors (Lipinski definition) is 5. The second-order valence-electron chi connectivity index (χ2n) is 7.66. The third-order valence-corrected chi connectivity index (χ3v) is 7.62. The van der Waals surface area contributed by atoms with Crippen LogP contribution in [0.3, 0.4) is 0 Å². The molecule has 2 aromatic heterocycles. The summed E-state index contributed by atoms with van der Waals surface area (Å²) >= 11 is 1.40. The Morgan fingerprint density at radius 3 is 2.94 bits per heavy atom. The van der Waals surface area contributed by atoms with Crippen LogP contribution in [0.5, 0.6) is 0 Å². The van der Waals surface area contributed by atoms with Gasteiger partial charge in [0.05, 0.1) is 33.6 Å². The number of carboxylic acid groups (broad SMARTS) is 1. The predicted molar refractivity (Wildman–Crippen MR) is 117 cm³/mol. The van der Waals surface area contributed by atoms with Crippen LogP contribution >= 0.6 is 11.3 Å². The molecule has 1 aliphatic rings. The highest BCUT2D eigenvalue weighted by molar-refractivity contribution is 7.91. The van der Waals surface area contributed by atoms with Gasteiger partial charge in [-0.15, -0.1) is 11.3 Å². The summed E-state index contributed by atoms with van der Waals surface area (Å²) in [6.07, 6.45) is -2.60. The number of para-hydroxylation sites is 1. The molecule has 6 nitrogen and oxygen atoms in total. The number of aliphatic carboxylic acids is 1. The molecule has 0 saturated heterocycles. The summed E-state index contributed by atoms with van der Waals surface area (Å²) in [5.74, 6) is -2.28. The minimum Gasteiger partial charge on any atom is -0.481 e. The summed E-state index contributed by atoms with van der Waals surface area (Å²) in [4.78, 5) is 15.5. The first kappa shape index (κ1) is 16.9. The Hall–Kier alpha value is -2.78. The van der Waals surface area contributed by atoms with Crippen LogP contribution in [0.2, 0.25) is 0 Å². The number of rotatable bonds is 5. The molecule has 9 heteroatoms. The standard InChI is InChI=1S/C22H19FN2O4S2/c1-31(28,29)18-10-13(23)9-15-14-7-6-12(8-20(26)27)21(14)25(22(15)18)11-19-24-16-4-2-3-5-17(16)30-19/h2-5,9-10,12H,6-8,11H2,1H3,(H,26,27)/t12-/m1/s1/i1D3. The molecule has 1 aliphatic carbocycles. The van der Waals surface area contributed by atoms with Crippen molar-refractivity contribution in [1.82, 2.24) is 9.55 Å². The van der Waals surface area contributed by atoms with E-state index in [0.717, 1.165) is 16.3 Å². The molecule has 0 amide bonds. The van der Waals surface area contributed by atoms with Gasteiger partial charge in [0.2, 0.25) is 0 Å². The lowest BCUT2D eigenvalue weighted by Crippen LogP contribution is -2.12. The molecule has 31 heavy (non-hydrogen) atoms. The van der Waals surface area contributed by atoms with Crippen molar-refractivity contribution in [2.75, 3.05) is 6.18 Å². The van der Waals surface area contributed by atoms with E-state index in [-0.39, 0.29) is 18.5 Å². The quantitative estimate of drug-likeness (QED) is 0.477. The average Bonchev–Trinajstić information content (AvgIpc) is 3.41. The lowest BCUT2D eigenvalue weighted by atomic mass is 10.0. The maximum absolute atomic E-state index is 14.6. The Kier molecular flexibility index (Phi) is 3.88. The van der Waals surface area contributed by atoms with Crippen LogP contribution in [0, 0.1) is 5.82 Å². The zero-order valence-electron chi connectivity index (χ0n) is 19.1. The van der Waals surface area contributed by atoms with Gasteiger partial charge in [0.1, 0.15) is 10.8 Å². The molecule has 0 unspecified atom stereocenters. The molecular formula is C22H19FN2O4S2. The number of aryl methyl sites for hydroxylation is 1. The summed E-state index contributed by atoms with van der Waals surface area (Å²) in [6.45, 7) is 0.108. The Bertz CT molecular complexity index is 1540. The summed E-state index contributed by atoms with van der Waals surface area (Å²) in [5, 5.41) is 10.4. The number of halogens is 1. The first-order valence-corrected chi connectivity index (χ1v) is 11.9. The van der Waals surface area contributed by atoms with Crippen molar-refractivity contribution in [3.63, 3.8) is 0 Å². The van der Waals surface area contributed by atoms with Crippen molar-refractivity contribution in [1.29, 1.82) is 0 Å². The van der Waals surface area contributed by atoms with E-state index in [2.05, 4.69) is 4.98 Å². The molecule has 0 radical (unpaired) electrons. The second-order valence-corrected chi connectivity index (χ2v) is 10.2. The fraction of sp³-hybridized carbons (Fsp3) is 0.273. The first-order valence-electron chi connectivity index (χ1n) is 11.1. The molecule has 1 atom stereocenters. The van der Waals surface area contributed by atoms with Crippen molar-refractivity contribution in [3.8, 4) is 0 Å². The van der Waals surface area contributed by atoms with E-state index in [0.29, 0.717) is 34.5 Å². The van der Waals surface area contributed by atoms with E-state index in [4.69, 9.17) is 4.11 Å². The number of benzene rings is 2. The highest BCUT2D eigenvalue weighted by atomic mass is 32.2. The van der Waals surface area contributed by atoms with Gasteiger partial charge in [0, 0.05) is 27.3 Å². The van der Waals surface area contributed by atoms with Crippen molar-refractivity contribution >= 4 is 48.3 Å². The Balaban J connectivity index is 1.81. The van der Waals surface area contributed by atoms with Crippen LogP contribution in [-0.4, -0.2) is 35.2 Å². The minimum atomic E-state index is -4.89. The summed E-state index contributed by atoms with van der Waals surface area (Å²) < 4.78 is 65.9. The van der Waals surface area contributed by atoms with Gasteiger partial charge in [-0.05, 0) is 42.7 Å². The van der Waals surface area contributed by atoms with Crippen LogP contribution in [-0.2, 0) is 27.6 Å². The number of fused-ring (bicyclic) bond motifs is 4. The molecule has 4 aromatic rings. The van der Waals surface area contributed by atoms with Crippen LogP contribution in [0.25, 0.3) is 21.1 Å². The number of hydrogen-bond donors (Lipinski definition) is 1. The van der Waals surface area contributed by atoms with Crippen LogP contribution in [0.4, 0.5) is 4.39 Å². The fourth-order valence-electron chi connectivity index (χ4n) is 4.59. The molecule has 1 N–H and O–H groups in total. The van der Waals surface area contributed by atoms with Crippen LogP contribution in [0.1, 0.15) is 39.1 Å². The van der Waals surface area contributed by atoms with Crippen LogP contribution < -0.4 is 0 Å². The second kappa shape index (κ2) is 7.13. The van der Waals surface area contributed by atoms with Gasteiger partial charge in [-0.2, -0.15) is 0 Å². The van der Waals surface area contributed by atoms with E-state index in [1.54, 1.807) is 4.57 Å². The van der Waals surface area contributed by atoms with Crippen molar-refractivity contribution in [2.24, 2.45) is 0 Å². The minimum absolute atomic E-state index is 0.0804. The van der Waals surface area contributed by atoms with Gasteiger partial charge in [-0.1, -0.05) is 12.1 Å². The highest BCUT2D eigenvalue weighted by Gasteiger charge is 2.34. The van der Waals surface area contributed by atoms with Gasteiger partial charge < -0.3 is 9.67 Å². The number of carboxylic acids is 1. The van der Waals surface area contributed by atoms with Gasteiger partial charge in [0.15, 0.2) is 9.84 Å². The van der Waals surface area contributed by atoms with Gasteiger partial charge in [-0.25, -0.2) is 17.8 Å². The molecule has 0 saturated carbocycles. The SMILES string of the molecule is [2H]C([2H])([2H])S(=O)(=O)c1cc(F)cc2c3c(n(Cc4nc5ccccc5s4)c12)[C@@H](CC(=O)O)CC3. The van der Waals surface area contributed by atoms with Gasteiger partial charge >= 0.3 is 5.97 Å². The molecule has 2 aromatic carbocycles. The third kappa shape index (κ3) is 3.41. The monoisotopic (exact) mass is 461 g/mol. The number of aromatic nitrogens is 2. The Morgan fingerprint density at radius 2 is 2.19 bits per heavy atom.